The lowest BCUT2D eigenvalue weighted by Gasteiger charge is -2.41. The van der Waals surface area contributed by atoms with E-state index in [9.17, 15) is 0 Å². The molecule has 2 unspecified atom stereocenters. The van der Waals surface area contributed by atoms with Crippen molar-refractivity contribution in [2.45, 2.75) is 50.3 Å². The van der Waals surface area contributed by atoms with Gasteiger partial charge >= 0.3 is 0 Å². The summed E-state index contributed by atoms with van der Waals surface area (Å²) in [6.45, 7) is 7.41. The largest absolute Gasteiger partial charge is 0.487 e. The average Bonchev–Trinajstić information content (AvgIpc) is 3.19. The minimum absolute atomic E-state index is 0.0887. The van der Waals surface area contributed by atoms with Crippen molar-refractivity contribution < 1.29 is 9.47 Å². The summed E-state index contributed by atoms with van der Waals surface area (Å²) >= 11 is 0. The van der Waals surface area contributed by atoms with Gasteiger partial charge in [-0.15, -0.1) is 0 Å². The monoisotopic (exact) mass is 328 g/mol. The topological polar surface area (TPSA) is 24.9 Å². The summed E-state index contributed by atoms with van der Waals surface area (Å²) in [7, 11) is 0. The van der Waals surface area contributed by atoms with Gasteiger partial charge in [-0.3, -0.25) is 4.90 Å². The fourth-order valence-electron chi connectivity index (χ4n) is 5.16. The first-order valence-electron chi connectivity index (χ1n) is 9.65. The minimum Gasteiger partial charge on any atom is -0.487 e. The van der Waals surface area contributed by atoms with E-state index >= 15 is 0 Å². The molecule has 24 heavy (non-hydrogen) atoms. The Morgan fingerprint density at radius 3 is 2.96 bits per heavy atom. The first-order chi connectivity index (χ1) is 11.8. The molecule has 5 rings (SSSR count). The standard InChI is InChI=1S/C20H28N2O2/c1-2-18-14-20(5-7-22(18)6-1)13-17-12-16(3-4-19(17)24-20)15-21-8-10-23-11-9-21/h3-4,12,18H,1-2,5-11,13-15H2. The van der Waals surface area contributed by atoms with Crippen molar-refractivity contribution in [2.24, 2.45) is 0 Å². The van der Waals surface area contributed by atoms with Crippen molar-refractivity contribution in [3.63, 3.8) is 0 Å². The summed E-state index contributed by atoms with van der Waals surface area (Å²) in [6, 6.07) is 7.65. The molecule has 1 spiro atoms. The van der Waals surface area contributed by atoms with E-state index in [4.69, 9.17) is 9.47 Å². The van der Waals surface area contributed by atoms with Crippen LogP contribution in [0.25, 0.3) is 0 Å². The molecule has 0 bridgehead atoms. The molecule has 4 nitrogen and oxygen atoms in total. The second-order valence-corrected chi connectivity index (χ2v) is 8.08. The van der Waals surface area contributed by atoms with Crippen LogP contribution in [0.5, 0.6) is 5.75 Å². The van der Waals surface area contributed by atoms with Gasteiger partial charge in [0.05, 0.1) is 13.2 Å². The highest BCUT2D eigenvalue weighted by atomic mass is 16.5. The molecule has 2 atom stereocenters. The van der Waals surface area contributed by atoms with E-state index in [1.807, 2.05) is 0 Å². The Labute approximate surface area is 144 Å². The molecule has 1 aromatic rings. The molecule has 0 saturated carbocycles. The summed E-state index contributed by atoms with van der Waals surface area (Å²) in [5, 5.41) is 0. The average molecular weight is 328 g/mol. The maximum Gasteiger partial charge on any atom is 0.123 e. The second kappa shape index (κ2) is 6.01. The molecular formula is C20H28N2O2. The normalized spacial score (nSPS) is 33.4. The Balaban J connectivity index is 1.30. The summed E-state index contributed by atoms with van der Waals surface area (Å²) in [5.41, 5.74) is 2.95. The van der Waals surface area contributed by atoms with Crippen LogP contribution in [0.2, 0.25) is 0 Å². The van der Waals surface area contributed by atoms with Crippen LogP contribution < -0.4 is 4.74 Å². The smallest absolute Gasteiger partial charge is 0.123 e. The van der Waals surface area contributed by atoms with Crippen molar-refractivity contribution >= 4 is 0 Å². The molecule has 0 radical (unpaired) electrons. The van der Waals surface area contributed by atoms with Crippen LogP contribution in [0.1, 0.15) is 36.8 Å². The van der Waals surface area contributed by atoms with Gasteiger partial charge in [-0.1, -0.05) is 12.1 Å². The number of hydrogen-bond acceptors (Lipinski definition) is 4. The van der Waals surface area contributed by atoms with Crippen LogP contribution in [-0.4, -0.2) is 60.8 Å². The van der Waals surface area contributed by atoms with Crippen LogP contribution in [0.3, 0.4) is 0 Å². The first kappa shape index (κ1) is 15.2. The van der Waals surface area contributed by atoms with E-state index < -0.39 is 0 Å². The van der Waals surface area contributed by atoms with Crippen LogP contribution in [-0.2, 0) is 17.7 Å². The number of hydrogen-bond donors (Lipinski definition) is 0. The Hall–Kier alpha value is -1.10. The highest BCUT2D eigenvalue weighted by Crippen LogP contribution is 2.44. The fourth-order valence-corrected chi connectivity index (χ4v) is 5.16. The molecule has 0 N–H and O–H groups in total. The maximum absolute atomic E-state index is 6.53. The third kappa shape index (κ3) is 2.75. The first-order valence-corrected chi connectivity index (χ1v) is 9.65. The highest BCUT2D eigenvalue weighted by Gasteiger charge is 2.46. The number of rotatable bonds is 2. The molecule has 0 amide bonds. The van der Waals surface area contributed by atoms with E-state index in [-0.39, 0.29) is 5.60 Å². The predicted molar refractivity (Wildman–Crippen MR) is 93.4 cm³/mol. The Bertz CT molecular complexity index is 614. The third-order valence-corrected chi connectivity index (χ3v) is 6.44. The zero-order valence-corrected chi connectivity index (χ0v) is 14.5. The van der Waals surface area contributed by atoms with Gasteiger partial charge in [-0.2, -0.15) is 0 Å². The second-order valence-electron chi connectivity index (χ2n) is 8.08. The lowest BCUT2D eigenvalue weighted by molar-refractivity contribution is 0.00195. The molecular weight excluding hydrogens is 300 g/mol. The summed E-state index contributed by atoms with van der Waals surface area (Å²) in [5.74, 6) is 1.15. The van der Waals surface area contributed by atoms with E-state index in [0.29, 0.717) is 0 Å². The summed E-state index contributed by atoms with van der Waals surface area (Å²) < 4.78 is 12.0. The van der Waals surface area contributed by atoms with Gasteiger partial charge in [0.15, 0.2) is 0 Å². The Morgan fingerprint density at radius 1 is 1.12 bits per heavy atom. The van der Waals surface area contributed by atoms with Gasteiger partial charge in [-0.25, -0.2) is 0 Å². The lowest BCUT2D eigenvalue weighted by atomic mass is 9.83. The number of morpholine rings is 1. The molecule has 4 heterocycles. The Kier molecular flexibility index (Phi) is 3.80. The van der Waals surface area contributed by atoms with Gasteiger partial charge < -0.3 is 14.4 Å². The van der Waals surface area contributed by atoms with E-state index in [0.717, 1.165) is 51.1 Å². The molecule has 3 fully saturated rings. The van der Waals surface area contributed by atoms with Gasteiger partial charge in [0.25, 0.3) is 0 Å². The molecule has 130 valence electrons. The molecule has 3 saturated heterocycles. The number of ether oxygens (including phenoxy) is 2. The molecule has 4 aliphatic rings. The van der Waals surface area contributed by atoms with E-state index in [2.05, 4.69) is 28.0 Å². The van der Waals surface area contributed by atoms with Gasteiger partial charge in [0.2, 0.25) is 0 Å². The van der Waals surface area contributed by atoms with Gasteiger partial charge in [0.1, 0.15) is 11.4 Å². The number of benzene rings is 1. The number of nitrogens with zero attached hydrogens (tertiary/aromatic N) is 2. The SMILES string of the molecule is c1cc2c(cc1CN1CCOCC1)CC1(CCN3CCCC3C1)O2. The number of piperidine rings is 1. The number of fused-ring (bicyclic) bond motifs is 2. The van der Waals surface area contributed by atoms with Crippen molar-refractivity contribution in [1.29, 1.82) is 0 Å². The van der Waals surface area contributed by atoms with Crippen LogP contribution in [0.4, 0.5) is 0 Å². The Morgan fingerprint density at radius 2 is 2.04 bits per heavy atom. The predicted octanol–water partition coefficient (Wildman–Crippen LogP) is 2.45. The fraction of sp³-hybridized carbons (Fsp3) is 0.700. The zero-order chi connectivity index (χ0) is 16.0. The van der Waals surface area contributed by atoms with Crippen LogP contribution in [0, 0.1) is 0 Å². The van der Waals surface area contributed by atoms with Crippen LogP contribution >= 0.6 is 0 Å². The van der Waals surface area contributed by atoms with E-state index in [1.54, 1.807) is 0 Å². The van der Waals surface area contributed by atoms with Crippen molar-refractivity contribution in [2.75, 3.05) is 39.4 Å². The van der Waals surface area contributed by atoms with Gasteiger partial charge in [-0.05, 0) is 36.6 Å². The third-order valence-electron chi connectivity index (χ3n) is 6.44. The summed E-state index contributed by atoms with van der Waals surface area (Å²) in [6.07, 6.45) is 6.27. The van der Waals surface area contributed by atoms with Crippen molar-refractivity contribution in [3.05, 3.63) is 29.3 Å². The summed E-state index contributed by atoms with van der Waals surface area (Å²) in [4.78, 5) is 5.18. The van der Waals surface area contributed by atoms with Gasteiger partial charge in [0, 0.05) is 51.5 Å². The molecule has 4 heteroatoms. The highest BCUT2D eigenvalue weighted by molar-refractivity contribution is 5.42. The minimum atomic E-state index is 0.0887. The van der Waals surface area contributed by atoms with Crippen molar-refractivity contribution in [1.82, 2.24) is 9.80 Å². The quantitative estimate of drug-likeness (QED) is 0.833. The molecule has 4 aliphatic heterocycles. The van der Waals surface area contributed by atoms with Crippen LogP contribution in [0.15, 0.2) is 18.2 Å². The molecule has 0 aliphatic carbocycles. The maximum atomic E-state index is 6.53. The zero-order valence-electron chi connectivity index (χ0n) is 14.5. The van der Waals surface area contributed by atoms with Crippen molar-refractivity contribution in [3.8, 4) is 5.75 Å². The lowest BCUT2D eigenvalue weighted by Crippen LogP contribution is -2.50. The molecule has 0 aromatic heterocycles. The van der Waals surface area contributed by atoms with E-state index in [1.165, 1.54) is 49.9 Å². The molecule has 1 aromatic carbocycles.